The summed E-state index contributed by atoms with van der Waals surface area (Å²) >= 11 is 9.59. The first-order valence-corrected chi connectivity index (χ1v) is 6.77. The Morgan fingerprint density at radius 3 is 2.50 bits per heavy atom. The first kappa shape index (κ1) is 13.9. The maximum absolute atomic E-state index is 11.9. The van der Waals surface area contributed by atoms with E-state index in [1.54, 1.807) is 18.2 Å². The van der Waals surface area contributed by atoms with Crippen molar-refractivity contribution >= 4 is 59.5 Å². The van der Waals surface area contributed by atoms with Crippen molar-refractivity contribution in [3.63, 3.8) is 0 Å². The topological polar surface area (TPSA) is 54.4 Å². The Labute approximate surface area is 118 Å². The number of Topliss-reactive ketones (excluding diaryl/α,β-unsaturated/α-hetero) is 1. The van der Waals surface area contributed by atoms with Gasteiger partial charge in [0.25, 0.3) is 0 Å². The van der Waals surface area contributed by atoms with Crippen molar-refractivity contribution in [1.29, 1.82) is 0 Å². The lowest BCUT2D eigenvalue weighted by atomic mass is 10.1. The van der Waals surface area contributed by atoms with Crippen molar-refractivity contribution in [3.8, 4) is 0 Å². The Morgan fingerprint density at radius 2 is 1.94 bits per heavy atom. The second-order valence-electron chi connectivity index (χ2n) is 3.05. The normalized spacial score (nSPS) is 12.2. The van der Waals surface area contributed by atoms with Crippen molar-refractivity contribution in [2.45, 2.75) is 11.2 Å². The van der Waals surface area contributed by atoms with Crippen LogP contribution >= 0.6 is 47.8 Å². The number of alkyl halides is 1. The molecule has 1 aromatic carbocycles. The number of aliphatic carboxylic acids is 1. The largest absolute Gasteiger partial charge is 0.481 e. The van der Waals surface area contributed by atoms with Crippen LogP contribution in [0.1, 0.15) is 16.8 Å². The van der Waals surface area contributed by atoms with E-state index in [0.29, 0.717) is 10.0 Å². The summed E-state index contributed by atoms with van der Waals surface area (Å²) in [6.45, 7) is 0. The predicted octanol–water partition coefficient (Wildman–Crippen LogP) is 3.63. The van der Waals surface area contributed by atoms with Crippen LogP contribution in [0.25, 0.3) is 0 Å². The highest BCUT2D eigenvalue weighted by molar-refractivity contribution is 9.11. The highest BCUT2D eigenvalue weighted by atomic mass is 79.9. The van der Waals surface area contributed by atoms with Crippen LogP contribution < -0.4 is 0 Å². The molecule has 16 heavy (non-hydrogen) atoms. The third-order valence-electron chi connectivity index (χ3n) is 1.83. The summed E-state index contributed by atoms with van der Waals surface area (Å²) < 4.78 is 1.42. The zero-order valence-electron chi connectivity index (χ0n) is 7.91. The van der Waals surface area contributed by atoms with Crippen LogP contribution in [0.2, 0.25) is 0 Å². The Bertz CT molecular complexity index is 431. The number of rotatable bonds is 4. The summed E-state index contributed by atoms with van der Waals surface area (Å²) in [6.07, 6.45) is -0.238. The van der Waals surface area contributed by atoms with Crippen LogP contribution in [0, 0.1) is 0 Å². The number of benzene rings is 1. The Kier molecular flexibility index (Phi) is 5.14. The van der Waals surface area contributed by atoms with Gasteiger partial charge in [-0.15, -0.1) is 0 Å². The van der Waals surface area contributed by atoms with Gasteiger partial charge in [0.05, 0.1) is 11.2 Å². The van der Waals surface area contributed by atoms with Crippen LogP contribution in [0.3, 0.4) is 0 Å². The lowest BCUT2D eigenvalue weighted by molar-refractivity contribution is -0.136. The molecule has 0 saturated heterocycles. The number of halogens is 3. The fourth-order valence-electron chi connectivity index (χ4n) is 1.10. The van der Waals surface area contributed by atoms with E-state index in [0.717, 1.165) is 4.47 Å². The monoisotopic (exact) mass is 412 g/mol. The molecule has 1 unspecified atom stereocenters. The van der Waals surface area contributed by atoms with Gasteiger partial charge in [-0.25, -0.2) is 0 Å². The van der Waals surface area contributed by atoms with Crippen molar-refractivity contribution in [1.82, 2.24) is 0 Å². The molecule has 1 atom stereocenters. The molecule has 0 aliphatic heterocycles. The molecule has 1 N–H and O–H groups in total. The lowest BCUT2D eigenvalue weighted by Gasteiger charge is -2.08. The molecule has 3 nitrogen and oxygen atoms in total. The Morgan fingerprint density at radius 1 is 1.31 bits per heavy atom. The van der Waals surface area contributed by atoms with Crippen LogP contribution in [-0.2, 0) is 4.79 Å². The van der Waals surface area contributed by atoms with Gasteiger partial charge in [0.15, 0.2) is 5.78 Å². The summed E-state index contributed by atoms with van der Waals surface area (Å²) in [5.74, 6) is -1.27. The van der Waals surface area contributed by atoms with E-state index in [-0.39, 0.29) is 12.2 Å². The van der Waals surface area contributed by atoms with Crippen LogP contribution in [0.4, 0.5) is 0 Å². The Balaban J connectivity index is 2.95. The zero-order chi connectivity index (χ0) is 12.3. The number of carboxylic acids is 1. The third kappa shape index (κ3) is 3.68. The van der Waals surface area contributed by atoms with Gasteiger partial charge in [-0.1, -0.05) is 47.8 Å². The molecule has 0 radical (unpaired) electrons. The van der Waals surface area contributed by atoms with Gasteiger partial charge < -0.3 is 5.11 Å². The second kappa shape index (κ2) is 5.93. The number of carbonyl (C=O) groups is 2. The molecule has 6 heteroatoms. The number of carbonyl (C=O) groups excluding carboxylic acids is 1. The van der Waals surface area contributed by atoms with Crippen molar-refractivity contribution in [2.24, 2.45) is 0 Å². The Hall–Kier alpha value is -0.200. The minimum atomic E-state index is -1.01. The summed E-state index contributed by atoms with van der Waals surface area (Å²) in [5, 5.41) is 8.60. The molecule has 0 heterocycles. The van der Waals surface area contributed by atoms with Crippen LogP contribution in [0.5, 0.6) is 0 Å². The molecule has 0 bridgehead atoms. The van der Waals surface area contributed by atoms with E-state index < -0.39 is 10.8 Å². The average Bonchev–Trinajstić information content (AvgIpc) is 2.19. The minimum absolute atomic E-state index is 0.238. The van der Waals surface area contributed by atoms with Crippen molar-refractivity contribution in [3.05, 3.63) is 32.7 Å². The number of ketones is 1. The fourth-order valence-corrected chi connectivity index (χ4v) is 2.43. The SMILES string of the molecule is O=C(O)CC(Br)C(=O)c1cc(Br)ccc1Br. The summed E-state index contributed by atoms with van der Waals surface area (Å²) in [4.78, 5) is 21.7. The highest BCUT2D eigenvalue weighted by Crippen LogP contribution is 2.25. The first-order valence-electron chi connectivity index (χ1n) is 4.27. The van der Waals surface area contributed by atoms with Gasteiger partial charge in [-0.2, -0.15) is 0 Å². The van der Waals surface area contributed by atoms with E-state index in [9.17, 15) is 9.59 Å². The molecule has 0 spiro atoms. The van der Waals surface area contributed by atoms with Gasteiger partial charge >= 0.3 is 5.97 Å². The minimum Gasteiger partial charge on any atom is -0.481 e. The van der Waals surface area contributed by atoms with Gasteiger partial charge in [0.1, 0.15) is 0 Å². The van der Waals surface area contributed by atoms with Crippen LogP contribution in [0.15, 0.2) is 27.1 Å². The fraction of sp³-hybridized carbons (Fsp3) is 0.200. The van der Waals surface area contributed by atoms with Gasteiger partial charge in [-0.3, -0.25) is 9.59 Å². The van der Waals surface area contributed by atoms with E-state index in [1.807, 2.05) is 0 Å². The van der Waals surface area contributed by atoms with E-state index in [1.165, 1.54) is 0 Å². The number of hydrogen-bond acceptors (Lipinski definition) is 2. The van der Waals surface area contributed by atoms with E-state index >= 15 is 0 Å². The van der Waals surface area contributed by atoms with Crippen LogP contribution in [-0.4, -0.2) is 21.7 Å². The van der Waals surface area contributed by atoms with Crippen molar-refractivity contribution in [2.75, 3.05) is 0 Å². The molecule has 1 rings (SSSR count). The van der Waals surface area contributed by atoms with E-state index in [2.05, 4.69) is 47.8 Å². The molecular formula is C10H7Br3O3. The molecule has 0 amide bonds. The van der Waals surface area contributed by atoms with Gasteiger partial charge in [-0.05, 0) is 18.2 Å². The van der Waals surface area contributed by atoms with E-state index in [4.69, 9.17) is 5.11 Å². The zero-order valence-corrected chi connectivity index (χ0v) is 12.7. The summed E-state index contributed by atoms with van der Waals surface area (Å²) in [6, 6.07) is 5.18. The van der Waals surface area contributed by atoms with Crippen molar-refractivity contribution < 1.29 is 14.7 Å². The molecule has 0 aliphatic carbocycles. The highest BCUT2D eigenvalue weighted by Gasteiger charge is 2.21. The molecule has 0 saturated carbocycles. The van der Waals surface area contributed by atoms with Gasteiger partial charge in [0.2, 0.25) is 0 Å². The average molecular weight is 415 g/mol. The molecular weight excluding hydrogens is 408 g/mol. The number of carboxylic acid groups (broad SMARTS) is 1. The summed E-state index contributed by atoms with van der Waals surface area (Å²) in [5.41, 5.74) is 0.456. The number of hydrogen-bond donors (Lipinski definition) is 1. The second-order valence-corrected chi connectivity index (χ2v) is 5.93. The maximum Gasteiger partial charge on any atom is 0.304 e. The molecule has 1 aromatic rings. The maximum atomic E-state index is 11.9. The standard InChI is InChI=1S/C10H7Br3O3/c11-5-1-2-7(12)6(3-5)10(16)8(13)4-9(14)15/h1-3,8H,4H2,(H,14,15). The molecule has 0 aliphatic rings. The smallest absolute Gasteiger partial charge is 0.304 e. The quantitative estimate of drug-likeness (QED) is 0.604. The molecule has 86 valence electrons. The van der Waals surface area contributed by atoms with Gasteiger partial charge in [0, 0.05) is 14.5 Å². The third-order valence-corrected chi connectivity index (χ3v) is 3.76. The first-order chi connectivity index (χ1) is 7.41. The lowest BCUT2D eigenvalue weighted by Crippen LogP contribution is -2.18. The predicted molar refractivity (Wildman–Crippen MR) is 71.1 cm³/mol. The molecule has 0 fully saturated rings. The molecule has 0 aromatic heterocycles. The summed E-state index contributed by atoms with van der Waals surface area (Å²) in [7, 11) is 0.